The number of aliphatic hydroxyl groups excluding tert-OH is 2. The Morgan fingerprint density at radius 1 is 1.39 bits per heavy atom. The number of hydrogen-bond acceptors (Lipinski definition) is 4. The molecule has 0 aliphatic carbocycles. The van der Waals surface area contributed by atoms with Crippen LogP contribution in [-0.2, 0) is 6.18 Å². The molecule has 0 fully saturated rings. The predicted octanol–water partition coefficient (Wildman–Crippen LogP) is 1.01. The number of halogens is 3. The monoisotopic (exact) mass is 265 g/mol. The van der Waals surface area contributed by atoms with Gasteiger partial charge < -0.3 is 21.1 Å². The molecule has 1 unspecified atom stereocenters. The molecule has 0 heterocycles. The highest BCUT2D eigenvalue weighted by Crippen LogP contribution is 2.37. The second-order valence-electron chi connectivity index (χ2n) is 3.53. The standard InChI is InChI=1S/C10H10F3NO4/c11-10(12,13)6-1-5(9(17)18)7(14)2-4(6)8(16)3-15/h1-2,8,15-16H,3,14H2,(H,17,18). The zero-order valence-electron chi connectivity index (χ0n) is 8.90. The minimum absolute atomic E-state index is 0.339. The van der Waals surface area contributed by atoms with Crippen molar-refractivity contribution in [3.63, 3.8) is 0 Å². The van der Waals surface area contributed by atoms with Crippen LogP contribution in [0.3, 0.4) is 0 Å². The zero-order chi connectivity index (χ0) is 14.1. The Labute approximate surface area is 99.3 Å². The Balaban J connectivity index is 3.52. The van der Waals surface area contributed by atoms with Gasteiger partial charge in [0.15, 0.2) is 0 Å². The molecule has 0 amide bonds. The molecule has 1 aromatic rings. The maximum Gasteiger partial charge on any atom is 0.416 e. The Morgan fingerprint density at radius 2 is 1.94 bits per heavy atom. The van der Waals surface area contributed by atoms with E-state index in [0.29, 0.717) is 12.1 Å². The molecule has 5 nitrogen and oxygen atoms in total. The van der Waals surface area contributed by atoms with Gasteiger partial charge in [-0.25, -0.2) is 4.79 Å². The van der Waals surface area contributed by atoms with Crippen LogP contribution in [0.1, 0.15) is 27.6 Å². The molecule has 0 radical (unpaired) electrons. The summed E-state index contributed by atoms with van der Waals surface area (Å²) in [5, 5.41) is 26.6. The molecule has 0 aliphatic rings. The summed E-state index contributed by atoms with van der Waals surface area (Å²) in [6, 6.07) is 1.04. The van der Waals surface area contributed by atoms with E-state index in [0.717, 1.165) is 0 Å². The summed E-state index contributed by atoms with van der Waals surface area (Å²) in [7, 11) is 0. The van der Waals surface area contributed by atoms with Crippen molar-refractivity contribution >= 4 is 11.7 Å². The first-order chi connectivity index (χ1) is 8.18. The van der Waals surface area contributed by atoms with Crippen molar-refractivity contribution in [2.45, 2.75) is 12.3 Å². The molecule has 100 valence electrons. The third-order valence-corrected chi connectivity index (χ3v) is 2.29. The van der Waals surface area contributed by atoms with Crippen LogP contribution >= 0.6 is 0 Å². The van der Waals surface area contributed by atoms with Crippen LogP contribution in [0.25, 0.3) is 0 Å². The fourth-order valence-corrected chi connectivity index (χ4v) is 1.44. The van der Waals surface area contributed by atoms with Gasteiger partial charge in [-0.05, 0) is 17.7 Å². The molecule has 1 atom stereocenters. The number of carbonyl (C=O) groups is 1. The first kappa shape index (κ1) is 14.3. The number of benzene rings is 1. The molecule has 18 heavy (non-hydrogen) atoms. The van der Waals surface area contributed by atoms with Gasteiger partial charge in [0.25, 0.3) is 0 Å². The first-order valence-corrected chi connectivity index (χ1v) is 4.71. The summed E-state index contributed by atoms with van der Waals surface area (Å²) in [5.74, 6) is -1.61. The highest BCUT2D eigenvalue weighted by Gasteiger charge is 2.36. The van der Waals surface area contributed by atoms with Gasteiger partial charge in [0, 0.05) is 5.69 Å². The number of anilines is 1. The summed E-state index contributed by atoms with van der Waals surface area (Å²) >= 11 is 0. The summed E-state index contributed by atoms with van der Waals surface area (Å²) in [4.78, 5) is 10.7. The zero-order valence-corrected chi connectivity index (χ0v) is 8.90. The van der Waals surface area contributed by atoms with Gasteiger partial charge in [0.2, 0.25) is 0 Å². The van der Waals surface area contributed by atoms with Crippen molar-refractivity contribution in [1.82, 2.24) is 0 Å². The summed E-state index contributed by atoms with van der Waals surface area (Å²) < 4.78 is 38.1. The van der Waals surface area contributed by atoms with Crippen LogP contribution in [0.2, 0.25) is 0 Å². The van der Waals surface area contributed by atoms with Gasteiger partial charge in [0.1, 0.15) is 6.10 Å². The van der Waals surface area contributed by atoms with Crippen LogP contribution in [0.15, 0.2) is 12.1 Å². The van der Waals surface area contributed by atoms with Crippen LogP contribution < -0.4 is 5.73 Å². The molecule has 0 spiro atoms. The van der Waals surface area contributed by atoms with E-state index in [9.17, 15) is 23.1 Å². The Morgan fingerprint density at radius 3 is 2.33 bits per heavy atom. The Kier molecular flexibility index (Phi) is 3.82. The van der Waals surface area contributed by atoms with Crippen LogP contribution in [0, 0.1) is 0 Å². The predicted molar refractivity (Wildman–Crippen MR) is 54.9 cm³/mol. The van der Waals surface area contributed by atoms with Crippen molar-refractivity contribution < 1.29 is 33.3 Å². The summed E-state index contributed by atoms with van der Waals surface area (Å²) in [6.45, 7) is -0.936. The van der Waals surface area contributed by atoms with Crippen molar-refractivity contribution in [1.29, 1.82) is 0 Å². The number of carboxylic acid groups (broad SMARTS) is 1. The number of hydrogen-bond donors (Lipinski definition) is 4. The number of carboxylic acids is 1. The van der Waals surface area contributed by atoms with Gasteiger partial charge >= 0.3 is 12.1 Å². The van der Waals surface area contributed by atoms with E-state index in [1.807, 2.05) is 0 Å². The lowest BCUT2D eigenvalue weighted by Gasteiger charge is -2.18. The van der Waals surface area contributed by atoms with Crippen LogP contribution in [0.4, 0.5) is 18.9 Å². The largest absolute Gasteiger partial charge is 0.478 e. The van der Waals surface area contributed by atoms with Gasteiger partial charge in [0.05, 0.1) is 17.7 Å². The van der Waals surface area contributed by atoms with E-state index in [-0.39, 0.29) is 0 Å². The Bertz CT molecular complexity index is 473. The normalized spacial score (nSPS) is 13.4. The molecule has 8 heteroatoms. The van der Waals surface area contributed by atoms with Gasteiger partial charge in [-0.1, -0.05) is 0 Å². The van der Waals surface area contributed by atoms with E-state index in [1.165, 1.54) is 0 Å². The van der Waals surface area contributed by atoms with Crippen LogP contribution in [-0.4, -0.2) is 27.9 Å². The molecule has 1 aromatic carbocycles. The lowest BCUT2D eigenvalue weighted by atomic mass is 9.98. The van der Waals surface area contributed by atoms with Crippen molar-refractivity contribution in [2.24, 2.45) is 0 Å². The topological polar surface area (TPSA) is 104 Å². The van der Waals surface area contributed by atoms with E-state index >= 15 is 0 Å². The Hall–Kier alpha value is -1.80. The quantitative estimate of drug-likeness (QED) is 0.611. The van der Waals surface area contributed by atoms with Crippen LogP contribution in [0.5, 0.6) is 0 Å². The highest BCUT2D eigenvalue weighted by atomic mass is 19.4. The number of aromatic carboxylic acids is 1. The number of rotatable bonds is 3. The van der Waals surface area contributed by atoms with Crippen molar-refractivity contribution in [2.75, 3.05) is 12.3 Å². The van der Waals surface area contributed by atoms with Gasteiger partial charge in [-0.15, -0.1) is 0 Å². The number of nitrogen functional groups attached to an aromatic ring is 1. The molecule has 1 rings (SSSR count). The van der Waals surface area contributed by atoms with E-state index < -0.39 is 47.2 Å². The average molecular weight is 265 g/mol. The summed E-state index contributed by atoms with van der Waals surface area (Å²) in [6.07, 6.45) is -6.64. The fourth-order valence-electron chi connectivity index (χ4n) is 1.44. The summed E-state index contributed by atoms with van der Waals surface area (Å²) in [5.41, 5.74) is 2.16. The lowest BCUT2D eigenvalue weighted by Crippen LogP contribution is -2.17. The molecule has 0 saturated heterocycles. The minimum Gasteiger partial charge on any atom is -0.478 e. The van der Waals surface area contributed by atoms with Gasteiger partial charge in [-0.2, -0.15) is 13.2 Å². The first-order valence-electron chi connectivity index (χ1n) is 4.71. The van der Waals surface area contributed by atoms with E-state index in [4.69, 9.17) is 15.9 Å². The molecule has 0 saturated carbocycles. The number of nitrogens with two attached hydrogens (primary N) is 1. The maximum atomic E-state index is 12.7. The molecule has 0 aromatic heterocycles. The van der Waals surface area contributed by atoms with Gasteiger partial charge in [-0.3, -0.25) is 0 Å². The second-order valence-corrected chi connectivity index (χ2v) is 3.53. The molecule has 0 aliphatic heterocycles. The number of alkyl halides is 3. The SMILES string of the molecule is Nc1cc(C(O)CO)c(C(F)(F)F)cc1C(=O)O. The average Bonchev–Trinajstić information content (AvgIpc) is 2.25. The van der Waals surface area contributed by atoms with E-state index in [2.05, 4.69) is 0 Å². The van der Waals surface area contributed by atoms with E-state index in [1.54, 1.807) is 0 Å². The lowest BCUT2D eigenvalue weighted by molar-refractivity contribution is -0.139. The number of aliphatic hydroxyl groups is 2. The fraction of sp³-hybridized carbons (Fsp3) is 0.300. The third kappa shape index (κ3) is 2.71. The molecule has 5 N–H and O–H groups in total. The third-order valence-electron chi connectivity index (χ3n) is 2.29. The molecular weight excluding hydrogens is 255 g/mol. The smallest absolute Gasteiger partial charge is 0.416 e. The second kappa shape index (κ2) is 4.83. The highest BCUT2D eigenvalue weighted by molar-refractivity contribution is 5.94. The van der Waals surface area contributed by atoms with Crippen molar-refractivity contribution in [3.8, 4) is 0 Å². The minimum atomic E-state index is -4.86. The van der Waals surface area contributed by atoms with Crippen molar-refractivity contribution in [3.05, 3.63) is 28.8 Å². The molecular formula is C10H10F3NO4. The maximum absolute atomic E-state index is 12.7. The molecule has 0 bridgehead atoms.